The first-order valence-electron chi connectivity index (χ1n) is 6.91. The fraction of sp³-hybridized carbons (Fsp3) is 0.467. The van der Waals surface area contributed by atoms with Crippen molar-refractivity contribution in [2.75, 3.05) is 17.7 Å². The second kappa shape index (κ2) is 9.37. The molecular formula is C15H21ClN2O2. The predicted octanol–water partition coefficient (Wildman–Crippen LogP) is 3.17. The van der Waals surface area contributed by atoms with Gasteiger partial charge in [-0.25, -0.2) is 0 Å². The summed E-state index contributed by atoms with van der Waals surface area (Å²) in [7, 11) is 0. The van der Waals surface area contributed by atoms with Crippen LogP contribution in [0, 0.1) is 0 Å². The smallest absolute Gasteiger partial charge is 0.251 e. The number of anilines is 1. The Bertz CT molecular complexity index is 432. The summed E-state index contributed by atoms with van der Waals surface area (Å²) in [4.78, 5) is 23.3. The molecule has 0 aliphatic rings. The van der Waals surface area contributed by atoms with Gasteiger partial charge in [-0.1, -0.05) is 13.3 Å². The van der Waals surface area contributed by atoms with Crippen LogP contribution in [0.4, 0.5) is 5.69 Å². The highest BCUT2D eigenvalue weighted by Crippen LogP contribution is 2.10. The molecule has 0 heterocycles. The molecular weight excluding hydrogens is 276 g/mol. The van der Waals surface area contributed by atoms with Crippen LogP contribution < -0.4 is 10.6 Å². The Labute approximate surface area is 124 Å². The first-order valence-corrected chi connectivity index (χ1v) is 7.45. The third kappa shape index (κ3) is 6.06. The minimum Gasteiger partial charge on any atom is -0.352 e. The maximum absolute atomic E-state index is 11.8. The van der Waals surface area contributed by atoms with Gasteiger partial charge in [0.25, 0.3) is 5.91 Å². The van der Waals surface area contributed by atoms with Crippen molar-refractivity contribution in [1.29, 1.82) is 0 Å². The van der Waals surface area contributed by atoms with E-state index >= 15 is 0 Å². The number of unbranched alkanes of at least 4 members (excludes halogenated alkanes) is 1. The highest BCUT2D eigenvalue weighted by molar-refractivity contribution is 6.18. The van der Waals surface area contributed by atoms with Gasteiger partial charge in [-0.3, -0.25) is 9.59 Å². The summed E-state index contributed by atoms with van der Waals surface area (Å²) in [5.74, 6) is 0.328. The quantitative estimate of drug-likeness (QED) is 0.572. The normalized spacial score (nSPS) is 10.1. The van der Waals surface area contributed by atoms with Crippen molar-refractivity contribution in [3.8, 4) is 0 Å². The Kier molecular flexibility index (Phi) is 7.73. The van der Waals surface area contributed by atoms with Crippen LogP contribution in [0.1, 0.15) is 43.0 Å². The van der Waals surface area contributed by atoms with Crippen molar-refractivity contribution in [3.05, 3.63) is 29.8 Å². The zero-order valence-corrected chi connectivity index (χ0v) is 12.5. The summed E-state index contributed by atoms with van der Waals surface area (Å²) >= 11 is 5.53. The lowest BCUT2D eigenvalue weighted by Crippen LogP contribution is -2.24. The molecule has 110 valence electrons. The highest BCUT2D eigenvalue weighted by atomic mass is 35.5. The third-order valence-corrected chi connectivity index (χ3v) is 3.05. The van der Waals surface area contributed by atoms with Crippen LogP contribution in [0.25, 0.3) is 0 Å². The molecule has 0 radical (unpaired) electrons. The summed E-state index contributed by atoms with van der Waals surface area (Å²) in [6.07, 6.45) is 3.09. The molecule has 0 aliphatic carbocycles. The van der Waals surface area contributed by atoms with Gasteiger partial charge in [0.05, 0.1) is 0 Å². The number of alkyl halides is 1. The Morgan fingerprint density at radius 2 is 1.85 bits per heavy atom. The van der Waals surface area contributed by atoms with Crippen molar-refractivity contribution >= 4 is 29.1 Å². The molecule has 5 heteroatoms. The lowest BCUT2D eigenvalue weighted by atomic mass is 10.2. The Balaban J connectivity index is 2.47. The van der Waals surface area contributed by atoms with Crippen LogP contribution in [0.15, 0.2) is 24.3 Å². The van der Waals surface area contributed by atoms with E-state index in [0.717, 1.165) is 12.8 Å². The summed E-state index contributed by atoms with van der Waals surface area (Å²) in [6, 6.07) is 6.87. The van der Waals surface area contributed by atoms with Crippen molar-refractivity contribution in [1.82, 2.24) is 5.32 Å². The molecule has 2 amide bonds. The molecule has 1 aromatic rings. The molecule has 0 unspecified atom stereocenters. The van der Waals surface area contributed by atoms with Gasteiger partial charge in [-0.2, -0.15) is 0 Å². The van der Waals surface area contributed by atoms with Crippen LogP contribution in [0.2, 0.25) is 0 Å². The van der Waals surface area contributed by atoms with E-state index in [4.69, 9.17) is 11.6 Å². The summed E-state index contributed by atoms with van der Waals surface area (Å²) < 4.78 is 0. The first kappa shape index (κ1) is 16.5. The van der Waals surface area contributed by atoms with Crippen molar-refractivity contribution < 1.29 is 9.59 Å². The molecule has 4 nitrogen and oxygen atoms in total. The maximum atomic E-state index is 11.8. The van der Waals surface area contributed by atoms with Crippen LogP contribution in [0.3, 0.4) is 0 Å². The number of halogens is 1. The Morgan fingerprint density at radius 3 is 2.45 bits per heavy atom. The van der Waals surface area contributed by atoms with E-state index in [0.29, 0.717) is 36.5 Å². The fourth-order valence-electron chi connectivity index (χ4n) is 1.64. The zero-order valence-electron chi connectivity index (χ0n) is 11.7. The molecule has 0 saturated heterocycles. The number of nitrogens with one attached hydrogen (secondary N) is 2. The minimum absolute atomic E-state index is 0.0641. The zero-order chi connectivity index (χ0) is 14.8. The number of carbonyl (C=O) groups excluding carboxylic acids is 2. The largest absolute Gasteiger partial charge is 0.352 e. The summed E-state index contributed by atoms with van der Waals surface area (Å²) in [5.41, 5.74) is 1.29. The van der Waals surface area contributed by atoms with Gasteiger partial charge < -0.3 is 10.6 Å². The number of amides is 2. The van der Waals surface area contributed by atoms with Crippen molar-refractivity contribution in [2.45, 2.75) is 32.6 Å². The first-order chi connectivity index (χ1) is 9.67. The van der Waals surface area contributed by atoms with Crippen molar-refractivity contribution in [3.63, 3.8) is 0 Å². The molecule has 0 fully saturated rings. The lowest BCUT2D eigenvalue weighted by Gasteiger charge is -2.07. The summed E-state index contributed by atoms with van der Waals surface area (Å²) in [5, 5.41) is 5.61. The second-order valence-corrected chi connectivity index (χ2v) is 4.91. The standard InChI is InChI=1S/C15H21ClN2O2/c1-2-3-11-17-15(20)12-6-8-13(9-7-12)18-14(19)5-4-10-16/h6-9H,2-5,10-11H2,1H3,(H,17,20)(H,18,19). The Hall–Kier alpha value is -1.55. The van der Waals surface area contributed by atoms with Gasteiger partial charge in [0.15, 0.2) is 0 Å². The SMILES string of the molecule is CCCCNC(=O)c1ccc(NC(=O)CCCCl)cc1. The van der Waals surface area contributed by atoms with Crippen LogP contribution in [-0.4, -0.2) is 24.2 Å². The number of hydrogen-bond acceptors (Lipinski definition) is 2. The van der Waals surface area contributed by atoms with E-state index in [-0.39, 0.29) is 11.8 Å². The molecule has 2 N–H and O–H groups in total. The molecule has 0 bridgehead atoms. The van der Waals surface area contributed by atoms with E-state index < -0.39 is 0 Å². The van der Waals surface area contributed by atoms with E-state index in [1.807, 2.05) is 0 Å². The fourth-order valence-corrected chi connectivity index (χ4v) is 1.77. The van der Waals surface area contributed by atoms with Gasteiger partial charge in [0.1, 0.15) is 0 Å². The van der Waals surface area contributed by atoms with Crippen molar-refractivity contribution in [2.24, 2.45) is 0 Å². The van der Waals surface area contributed by atoms with E-state index in [2.05, 4.69) is 17.6 Å². The molecule has 0 saturated carbocycles. The Morgan fingerprint density at radius 1 is 1.15 bits per heavy atom. The van der Waals surface area contributed by atoms with Crippen LogP contribution in [0.5, 0.6) is 0 Å². The second-order valence-electron chi connectivity index (χ2n) is 4.53. The number of rotatable bonds is 8. The topological polar surface area (TPSA) is 58.2 Å². The number of carbonyl (C=O) groups is 2. The van der Waals surface area contributed by atoms with E-state index in [1.165, 1.54) is 0 Å². The highest BCUT2D eigenvalue weighted by Gasteiger charge is 2.06. The molecule has 1 rings (SSSR count). The van der Waals surface area contributed by atoms with Gasteiger partial charge in [0, 0.05) is 30.1 Å². The van der Waals surface area contributed by atoms with E-state index in [9.17, 15) is 9.59 Å². The number of hydrogen-bond donors (Lipinski definition) is 2. The molecule has 0 spiro atoms. The summed E-state index contributed by atoms with van der Waals surface area (Å²) in [6.45, 7) is 2.76. The molecule has 20 heavy (non-hydrogen) atoms. The molecule has 0 aliphatic heterocycles. The van der Waals surface area contributed by atoms with Crippen LogP contribution >= 0.6 is 11.6 Å². The van der Waals surface area contributed by atoms with Crippen LogP contribution in [-0.2, 0) is 4.79 Å². The predicted molar refractivity (Wildman–Crippen MR) is 82.3 cm³/mol. The maximum Gasteiger partial charge on any atom is 0.251 e. The van der Waals surface area contributed by atoms with Gasteiger partial charge >= 0.3 is 0 Å². The van der Waals surface area contributed by atoms with Gasteiger partial charge in [-0.05, 0) is 37.1 Å². The van der Waals surface area contributed by atoms with Gasteiger partial charge in [0.2, 0.25) is 5.91 Å². The van der Waals surface area contributed by atoms with Gasteiger partial charge in [-0.15, -0.1) is 11.6 Å². The average molecular weight is 297 g/mol. The minimum atomic E-state index is -0.0848. The van der Waals surface area contributed by atoms with E-state index in [1.54, 1.807) is 24.3 Å². The molecule has 1 aromatic carbocycles. The average Bonchev–Trinajstić information content (AvgIpc) is 2.46. The number of benzene rings is 1. The lowest BCUT2D eigenvalue weighted by molar-refractivity contribution is -0.116. The molecule has 0 aromatic heterocycles. The third-order valence-electron chi connectivity index (χ3n) is 2.78. The molecule has 0 atom stereocenters. The monoisotopic (exact) mass is 296 g/mol.